The van der Waals surface area contributed by atoms with Crippen LogP contribution in [-0.2, 0) is 6.42 Å². The van der Waals surface area contributed by atoms with Gasteiger partial charge in [0.1, 0.15) is 5.75 Å². The number of carboxylic acids is 1. The summed E-state index contributed by atoms with van der Waals surface area (Å²) in [6, 6.07) is 13.2. The van der Waals surface area contributed by atoms with Crippen LogP contribution < -0.4 is 4.74 Å². The predicted octanol–water partition coefficient (Wildman–Crippen LogP) is 2.82. The largest absolute Gasteiger partial charge is 0.497 e. The molecule has 2 rings (SSSR count). The van der Waals surface area contributed by atoms with Crippen LogP contribution in [0.25, 0.3) is 0 Å². The van der Waals surface area contributed by atoms with E-state index in [0.29, 0.717) is 5.56 Å². The summed E-state index contributed by atoms with van der Waals surface area (Å²) in [6.07, 6.45) is 0.274. The van der Waals surface area contributed by atoms with Crippen molar-refractivity contribution in [3.63, 3.8) is 0 Å². The summed E-state index contributed by atoms with van der Waals surface area (Å²) in [6.45, 7) is 0. The quantitative estimate of drug-likeness (QED) is 0.848. The number of ether oxygens (including phenoxy) is 1. The number of ketones is 1. The maximum atomic E-state index is 12.1. The molecule has 0 heterocycles. The van der Waals surface area contributed by atoms with Gasteiger partial charge in [-0.15, -0.1) is 0 Å². The van der Waals surface area contributed by atoms with Crippen LogP contribution in [0.15, 0.2) is 48.5 Å². The molecule has 4 heteroatoms. The summed E-state index contributed by atoms with van der Waals surface area (Å²) in [5.74, 6) is -0.307. The summed E-state index contributed by atoms with van der Waals surface area (Å²) < 4.78 is 5.05. The maximum absolute atomic E-state index is 12.1. The molecular formula is C16H14O4. The molecule has 4 nitrogen and oxygen atoms in total. The Kier molecular flexibility index (Phi) is 4.15. The van der Waals surface area contributed by atoms with Crippen molar-refractivity contribution in [2.24, 2.45) is 0 Å². The van der Waals surface area contributed by atoms with Crippen LogP contribution in [0.5, 0.6) is 5.75 Å². The molecule has 2 aromatic rings. The lowest BCUT2D eigenvalue weighted by Crippen LogP contribution is -2.04. The minimum Gasteiger partial charge on any atom is -0.497 e. The van der Waals surface area contributed by atoms with E-state index in [1.807, 2.05) is 12.1 Å². The number of hydrogen-bond acceptors (Lipinski definition) is 3. The van der Waals surface area contributed by atoms with Crippen molar-refractivity contribution in [2.75, 3.05) is 7.11 Å². The standard InChI is InChI=1S/C16H14O4/c1-20-14-8-2-11(3-9-14)10-15(17)12-4-6-13(7-5-12)16(18)19/h2-9H,10H2,1H3,(H,18,19). The van der Waals surface area contributed by atoms with Crippen molar-refractivity contribution in [3.8, 4) is 5.75 Å². The van der Waals surface area contributed by atoms with E-state index in [1.54, 1.807) is 19.2 Å². The van der Waals surface area contributed by atoms with Crippen LogP contribution in [0.1, 0.15) is 26.3 Å². The Morgan fingerprint density at radius 1 is 0.950 bits per heavy atom. The van der Waals surface area contributed by atoms with Crippen molar-refractivity contribution >= 4 is 11.8 Å². The summed E-state index contributed by atoms with van der Waals surface area (Å²) >= 11 is 0. The fourth-order valence-electron chi connectivity index (χ4n) is 1.83. The Hall–Kier alpha value is -2.62. The molecule has 0 radical (unpaired) electrons. The van der Waals surface area contributed by atoms with Crippen molar-refractivity contribution in [1.29, 1.82) is 0 Å². The van der Waals surface area contributed by atoms with E-state index in [4.69, 9.17) is 9.84 Å². The topological polar surface area (TPSA) is 63.6 Å². The Labute approximate surface area is 116 Å². The van der Waals surface area contributed by atoms with E-state index >= 15 is 0 Å². The summed E-state index contributed by atoms with van der Waals surface area (Å²) in [5.41, 5.74) is 1.56. The lowest BCUT2D eigenvalue weighted by molar-refractivity contribution is 0.0696. The van der Waals surface area contributed by atoms with Gasteiger partial charge in [-0.05, 0) is 29.8 Å². The molecule has 2 aromatic carbocycles. The van der Waals surface area contributed by atoms with Crippen LogP contribution in [0, 0.1) is 0 Å². The van der Waals surface area contributed by atoms with Crippen LogP contribution in [-0.4, -0.2) is 24.0 Å². The fraction of sp³-hybridized carbons (Fsp3) is 0.125. The second-order valence-electron chi connectivity index (χ2n) is 4.33. The Morgan fingerprint density at radius 2 is 1.50 bits per heavy atom. The van der Waals surface area contributed by atoms with E-state index in [9.17, 15) is 9.59 Å². The highest BCUT2D eigenvalue weighted by molar-refractivity contribution is 5.98. The molecule has 0 amide bonds. The third-order valence-corrected chi connectivity index (χ3v) is 2.98. The average Bonchev–Trinajstić information content (AvgIpc) is 2.48. The molecule has 0 atom stereocenters. The van der Waals surface area contributed by atoms with Crippen LogP contribution in [0.3, 0.4) is 0 Å². The number of benzene rings is 2. The number of carbonyl (C=O) groups excluding carboxylic acids is 1. The van der Waals surface area contributed by atoms with Crippen molar-refractivity contribution < 1.29 is 19.4 Å². The zero-order valence-corrected chi connectivity index (χ0v) is 11.0. The summed E-state index contributed by atoms with van der Waals surface area (Å²) in [5, 5.41) is 8.80. The lowest BCUT2D eigenvalue weighted by Gasteiger charge is -2.04. The second-order valence-corrected chi connectivity index (χ2v) is 4.33. The van der Waals surface area contributed by atoms with Gasteiger partial charge >= 0.3 is 5.97 Å². The predicted molar refractivity (Wildman–Crippen MR) is 74.4 cm³/mol. The first kappa shape index (κ1) is 13.8. The second kappa shape index (κ2) is 6.02. The first-order valence-corrected chi connectivity index (χ1v) is 6.09. The van der Waals surface area contributed by atoms with Crippen LogP contribution in [0.4, 0.5) is 0 Å². The van der Waals surface area contributed by atoms with Gasteiger partial charge in [-0.2, -0.15) is 0 Å². The first-order chi connectivity index (χ1) is 9.60. The van der Waals surface area contributed by atoms with E-state index in [1.165, 1.54) is 24.3 Å². The smallest absolute Gasteiger partial charge is 0.335 e. The number of hydrogen-bond donors (Lipinski definition) is 1. The van der Waals surface area contributed by atoms with Gasteiger partial charge in [0.05, 0.1) is 12.7 Å². The van der Waals surface area contributed by atoms with Gasteiger partial charge < -0.3 is 9.84 Å². The zero-order valence-electron chi connectivity index (χ0n) is 11.0. The molecule has 102 valence electrons. The third-order valence-electron chi connectivity index (χ3n) is 2.98. The molecule has 0 saturated heterocycles. The van der Waals surface area contributed by atoms with Crippen LogP contribution >= 0.6 is 0 Å². The van der Waals surface area contributed by atoms with Gasteiger partial charge in [0.25, 0.3) is 0 Å². The molecule has 0 fully saturated rings. The molecular weight excluding hydrogens is 256 g/mol. The molecule has 0 unspecified atom stereocenters. The number of carbonyl (C=O) groups is 2. The Morgan fingerprint density at radius 3 is 2.00 bits per heavy atom. The highest BCUT2D eigenvalue weighted by Gasteiger charge is 2.09. The monoisotopic (exact) mass is 270 g/mol. The molecule has 0 aliphatic rings. The molecule has 0 aliphatic heterocycles. The van der Waals surface area contributed by atoms with E-state index in [0.717, 1.165) is 11.3 Å². The lowest BCUT2D eigenvalue weighted by atomic mass is 10.0. The third kappa shape index (κ3) is 3.23. The summed E-state index contributed by atoms with van der Waals surface area (Å²) in [7, 11) is 1.59. The number of aromatic carboxylic acids is 1. The maximum Gasteiger partial charge on any atom is 0.335 e. The molecule has 1 N–H and O–H groups in total. The van der Waals surface area contributed by atoms with Crippen molar-refractivity contribution in [3.05, 3.63) is 65.2 Å². The molecule has 0 spiro atoms. The Balaban J connectivity index is 2.08. The number of Topliss-reactive ketones (excluding diaryl/α,β-unsaturated/α-hetero) is 1. The van der Waals surface area contributed by atoms with Gasteiger partial charge in [0, 0.05) is 12.0 Å². The first-order valence-electron chi connectivity index (χ1n) is 6.09. The fourth-order valence-corrected chi connectivity index (χ4v) is 1.83. The van der Waals surface area contributed by atoms with Gasteiger partial charge in [-0.3, -0.25) is 4.79 Å². The molecule has 0 aliphatic carbocycles. The highest BCUT2D eigenvalue weighted by Crippen LogP contribution is 2.14. The SMILES string of the molecule is COc1ccc(CC(=O)c2ccc(C(=O)O)cc2)cc1. The van der Waals surface area contributed by atoms with E-state index in [2.05, 4.69) is 0 Å². The van der Waals surface area contributed by atoms with Gasteiger partial charge in [-0.25, -0.2) is 4.79 Å². The molecule has 0 bridgehead atoms. The highest BCUT2D eigenvalue weighted by atomic mass is 16.5. The summed E-state index contributed by atoms with van der Waals surface area (Å²) in [4.78, 5) is 22.8. The molecule has 20 heavy (non-hydrogen) atoms. The zero-order chi connectivity index (χ0) is 14.5. The van der Waals surface area contributed by atoms with Gasteiger partial charge in [-0.1, -0.05) is 24.3 Å². The van der Waals surface area contributed by atoms with Gasteiger partial charge in [0.2, 0.25) is 0 Å². The van der Waals surface area contributed by atoms with Crippen molar-refractivity contribution in [1.82, 2.24) is 0 Å². The van der Waals surface area contributed by atoms with E-state index in [-0.39, 0.29) is 17.8 Å². The Bertz CT molecular complexity index is 612. The van der Waals surface area contributed by atoms with Crippen molar-refractivity contribution in [2.45, 2.75) is 6.42 Å². The molecule has 0 saturated carbocycles. The minimum absolute atomic E-state index is 0.0490. The molecule has 0 aromatic heterocycles. The number of methoxy groups -OCH3 is 1. The number of rotatable bonds is 5. The average molecular weight is 270 g/mol. The van der Waals surface area contributed by atoms with Gasteiger partial charge in [0.15, 0.2) is 5.78 Å². The number of carboxylic acid groups (broad SMARTS) is 1. The minimum atomic E-state index is -1.00. The van der Waals surface area contributed by atoms with E-state index < -0.39 is 5.97 Å². The normalized spacial score (nSPS) is 10.1. The van der Waals surface area contributed by atoms with Crippen LogP contribution in [0.2, 0.25) is 0 Å².